The Hall–Kier alpha value is -1.13. The molecule has 1 aromatic carbocycles. The van der Waals surface area contributed by atoms with Crippen LogP contribution < -0.4 is 5.32 Å². The smallest absolute Gasteiger partial charge is 0.107 e. The molecule has 0 aliphatic carbocycles. The zero-order valence-corrected chi connectivity index (χ0v) is 12.3. The van der Waals surface area contributed by atoms with Gasteiger partial charge in [-0.2, -0.15) is 0 Å². The van der Waals surface area contributed by atoms with Crippen LogP contribution in [0.2, 0.25) is 0 Å². The summed E-state index contributed by atoms with van der Waals surface area (Å²) in [4.78, 5) is 7.46. The van der Waals surface area contributed by atoms with Crippen molar-refractivity contribution in [2.24, 2.45) is 0 Å². The lowest BCUT2D eigenvalue weighted by atomic mass is 10.0. The Balaban J connectivity index is 2.20. The maximum Gasteiger partial charge on any atom is 0.107 e. The van der Waals surface area contributed by atoms with E-state index in [2.05, 4.69) is 63.3 Å². The number of H-pyrrole nitrogens is 1. The molecule has 0 radical (unpaired) electrons. The van der Waals surface area contributed by atoms with Gasteiger partial charge < -0.3 is 10.3 Å². The Morgan fingerprint density at radius 3 is 2.89 bits per heavy atom. The number of imidazole rings is 1. The maximum atomic E-state index is 4.30. The second kappa shape index (κ2) is 6.16. The number of likely N-dealkylation sites (N-methyl/N-ethyl adjacent to an activating group) is 1. The van der Waals surface area contributed by atoms with Crippen LogP contribution in [-0.2, 0) is 6.42 Å². The van der Waals surface area contributed by atoms with Gasteiger partial charge >= 0.3 is 0 Å². The van der Waals surface area contributed by atoms with Crippen molar-refractivity contribution in [3.8, 4) is 0 Å². The van der Waals surface area contributed by atoms with Gasteiger partial charge in [-0.05, 0) is 30.7 Å². The molecular formula is C14H18BrN3. The van der Waals surface area contributed by atoms with E-state index in [1.54, 1.807) is 6.20 Å². The highest BCUT2D eigenvalue weighted by Crippen LogP contribution is 2.23. The third-order valence-corrected chi connectivity index (χ3v) is 3.86. The highest BCUT2D eigenvalue weighted by atomic mass is 79.9. The van der Waals surface area contributed by atoms with Crippen LogP contribution in [0.1, 0.15) is 29.9 Å². The van der Waals surface area contributed by atoms with Crippen LogP contribution in [0.3, 0.4) is 0 Å². The normalized spacial score (nSPS) is 12.6. The molecule has 0 saturated heterocycles. The number of nitrogens with zero attached hydrogens (tertiary/aromatic N) is 1. The Morgan fingerprint density at radius 2 is 2.28 bits per heavy atom. The lowest BCUT2D eigenvalue weighted by Gasteiger charge is -2.18. The molecule has 1 atom stereocenters. The Bertz CT molecular complexity index is 494. The average Bonchev–Trinajstić information content (AvgIpc) is 2.85. The van der Waals surface area contributed by atoms with Crippen molar-refractivity contribution in [2.75, 3.05) is 6.54 Å². The summed E-state index contributed by atoms with van der Waals surface area (Å²) in [5.41, 5.74) is 2.54. The number of benzene rings is 1. The number of hydrogen-bond acceptors (Lipinski definition) is 2. The van der Waals surface area contributed by atoms with Crippen LogP contribution in [0.25, 0.3) is 0 Å². The van der Waals surface area contributed by atoms with E-state index in [0.29, 0.717) is 0 Å². The van der Waals surface area contributed by atoms with E-state index in [9.17, 15) is 0 Å². The molecule has 0 amide bonds. The molecule has 2 N–H and O–H groups in total. The SMILES string of the molecule is CCNC(Cc1ncc[nH]1)c1ccc(C)c(Br)c1. The topological polar surface area (TPSA) is 40.7 Å². The molecule has 0 fully saturated rings. The summed E-state index contributed by atoms with van der Waals surface area (Å²) >= 11 is 3.59. The van der Waals surface area contributed by atoms with E-state index in [0.717, 1.165) is 23.3 Å². The number of nitrogens with one attached hydrogen (secondary N) is 2. The average molecular weight is 308 g/mol. The van der Waals surface area contributed by atoms with Crippen LogP contribution in [0.5, 0.6) is 0 Å². The summed E-state index contributed by atoms with van der Waals surface area (Å²) in [6.45, 7) is 5.16. The van der Waals surface area contributed by atoms with Crippen molar-refractivity contribution in [1.29, 1.82) is 0 Å². The summed E-state index contributed by atoms with van der Waals surface area (Å²) in [7, 11) is 0. The highest BCUT2D eigenvalue weighted by Gasteiger charge is 2.13. The van der Waals surface area contributed by atoms with Gasteiger partial charge in [0.2, 0.25) is 0 Å². The standard InChI is InChI=1S/C14H18BrN3/c1-3-16-13(9-14-17-6-7-18-14)11-5-4-10(2)12(15)8-11/h4-8,13,16H,3,9H2,1-2H3,(H,17,18). The molecule has 2 aromatic rings. The monoisotopic (exact) mass is 307 g/mol. The van der Waals surface area contributed by atoms with E-state index in [1.165, 1.54) is 11.1 Å². The van der Waals surface area contributed by atoms with Crippen LogP contribution in [0.15, 0.2) is 35.1 Å². The first-order chi connectivity index (χ1) is 8.70. The van der Waals surface area contributed by atoms with Crippen molar-refractivity contribution in [1.82, 2.24) is 15.3 Å². The first-order valence-corrected chi connectivity index (χ1v) is 6.97. The minimum Gasteiger partial charge on any atom is -0.349 e. The number of aryl methyl sites for hydroxylation is 1. The largest absolute Gasteiger partial charge is 0.349 e. The summed E-state index contributed by atoms with van der Waals surface area (Å²) in [6.07, 6.45) is 4.53. The van der Waals surface area contributed by atoms with E-state index in [-0.39, 0.29) is 6.04 Å². The van der Waals surface area contributed by atoms with Crippen molar-refractivity contribution in [2.45, 2.75) is 26.3 Å². The predicted octanol–water partition coefficient (Wildman–Crippen LogP) is 3.37. The third-order valence-electron chi connectivity index (χ3n) is 3.00. The van der Waals surface area contributed by atoms with Crippen LogP contribution in [-0.4, -0.2) is 16.5 Å². The molecular weight excluding hydrogens is 290 g/mol. The highest BCUT2D eigenvalue weighted by molar-refractivity contribution is 9.10. The molecule has 0 saturated carbocycles. The van der Waals surface area contributed by atoms with Gasteiger partial charge in [-0.1, -0.05) is 35.0 Å². The van der Waals surface area contributed by atoms with Gasteiger partial charge in [-0.15, -0.1) is 0 Å². The molecule has 4 heteroatoms. The van der Waals surface area contributed by atoms with Crippen LogP contribution >= 0.6 is 15.9 Å². The molecule has 0 spiro atoms. The zero-order valence-electron chi connectivity index (χ0n) is 10.7. The second-order valence-corrected chi connectivity index (χ2v) is 5.21. The fourth-order valence-electron chi connectivity index (χ4n) is 1.98. The summed E-state index contributed by atoms with van der Waals surface area (Å²) in [5.74, 6) is 1.01. The molecule has 18 heavy (non-hydrogen) atoms. The van der Waals surface area contributed by atoms with Crippen molar-refractivity contribution in [3.05, 3.63) is 52.0 Å². The molecule has 2 rings (SSSR count). The molecule has 0 aliphatic rings. The van der Waals surface area contributed by atoms with Crippen molar-refractivity contribution >= 4 is 15.9 Å². The third kappa shape index (κ3) is 3.21. The lowest BCUT2D eigenvalue weighted by Crippen LogP contribution is -2.23. The Kier molecular flexibility index (Phi) is 4.55. The molecule has 0 bridgehead atoms. The van der Waals surface area contributed by atoms with Gasteiger partial charge in [0, 0.05) is 29.3 Å². The minimum atomic E-state index is 0.290. The minimum absolute atomic E-state index is 0.290. The maximum absolute atomic E-state index is 4.30. The molecule has 0 aliphatic heterocycles. The fraction of sp³-hybridized carbons (Fsp3) is 0.357. The van der Waals surface area contributed by atoms with Gasteiger partial charge in [0.05, 0.1) is 0 Å². The number of rotatable bonds is 5. The number of halogens is 1. The number of aromatic amines is 1. The lowest BCUT2D eigenvalue weighted by molar-refractivity contribution is 0.539. The van der Waals surface area contributed by atoms with Gasteiger partial charge in [-0.3, -0.25) is 0 Å². The van der Waals surface area contributed by atoms with E-state index < -0.39 is 0 Å². The molecule has 1 heterocycles. The van der Waals surface area contributed by atoms with Crippen molar-refractivity contribution in [3.63, 3.8) is 0 Å². The van der Waals surface area contributed by atoms with E-state index >= 15 is 0 Å². The van der Waals surface area contributed by atoms with Crippen LogP contribution in [0, 0.1) is 6.92 Å². The van der Waals surface area contributed by atoms with Gasteiger partial charge in [0.25, 0.3) is 0 Å². The number of hydrogen-bond donors (Lipinski definition) is 2. The first kappa shape index (κ1) is 13.3. The Labute approximate surface area is 116 Å². The fourth-order valence-corrected chi connectivity index (χ4v) is 2.38. The van der Waals surface area contributed by atoms with Crippen LogP contribution in [0.4, 0.5) is 0 Å². The van der Waals surface area contributed by atoms with Crippen molar-refractivity contribution < 1.29 is 0 Å². The summed E-state index contributed by atoms with van der Waals surface area (Å²) in [5, 5.41) is 3.50. The first-order valence-electron chi connectivity index (χ1n) is 6.18. The molecule has 1 unspecified atom stereocenters. The number of aromatic nitrogens is 2. The predicted molar refractivity (Wildman–Crippen MR) is 77.6 cm³/mol. The quantitative estimate of drug-likeness (QED) is 0.889. The van der Waals surface area contributed by atoms with Gasteiger partial charge in [0.15, 0.2) is 0 Å². The molecule has 3 nitrogen and oxygen atoms in total. The molecule has 1 aromatic heterocycles. The van der Waals surface area contributed by atoms with E-state index in [1.807, 2.05) is 6.20 Å². The summed E-state index contributed by atoms with van der Waals surface area (Å²) < 4.78 is 1.15. The van der Waals surface area contributed by atoms with Gasteiger partial charge in [0.1, 0.15) is 5.82 Å². The van der Waals surface area contributed by atoms with Gasteiger partial charge in [-0.25, -0.2) is 4.98 Å². The second-order valence-electron chi connectivity index (χ2n) is 4.36. The molecule has 96 valence electrons. The zero-order chi connectivity index (χ0) is 13.0. The Morgan fingerprint density at radius 1 is 1.44 bits per heavy atom. The summed E-state index contributed by atoms with van der Waals surface area (Å²) in [6, 6.07) is 6.80. The van der Waals surface area contributed by atoms with E-state index in [4.69, 9.17) is 0 Å².